The Balaban J connectivity index is 1.90. The van der Waals surface area contributed by atoms with Gasteiger partial charge in [0.2, 0.25) is 16.0 Å². The smallest absolute Gasteiger partial charge is 0.415 e. The second-order valence-electron chi connectivity index (χ2n) is 7.13. The lowest BCUT2D eigenvalue weighted by Gasteiger charge is -2.33. The van der Waals surface area contributed by atoms with Crippen molar-refractivity contribution in [3.05, 3.63) is 47.4 Å². The molecule has 1 aliphatic heterocycles. The van der Waals surface area contributed by atoms with Gasteiger partial charge in [-0.1, -0.05) is 0 Å². The highest BCUT2D eigenvalue weighted by molar-refractivity contribution is 7.89. The number of ether oxygens (including phenoxy) is 1. The molecule has 1 amide bonds. The largest absolute Gasteiger partial charge is 0.453 e. The summed E-state index contributed by atoms with van der Waals surface area (Å²) in [7, 11) is -2.74. The van der Waals surface area contributed by atoms with Crippen LogP contribution in [-0.2, 0) is 15.6 Å². The first-order chi connectivity index (χ1) is 15.1. The van der Waals surface area contributed by atoms with Crippen molar-refractivity contribution in [2.24, 2.45) is 10.7 Å². The van der Waals surface area contributed by atoms with E-state index in [1.165, 1.54) is 14.0 Å². The lowest BCUT2D eigenvalue weighted by Crippen LogP contribution is -2.50. The van der Waals surface area contributed by atoms with Gasteiger partial charge < -0.3 is 31.1 Å². The van der Waals surface area contributed by atoms with Crippen LogP contribution in [0.25, 0.3) is 0 Å². The lowest BCUT2D eigenvalue weighted by molar-refractivity contribution is -0.419. The second kappa shape index (κ2) is 8.14. The normalized spacial score (nSPS) is 20.2. The number of rotatable bonds is 5. The maximum absolute atomic E-state index is 14.5. The van der Waals surface area contributed by atoms with E-state index in [9.17, 15) is 22.0 Å². The topological polar surface area (TPSA) is 201 Å². The average molecular weight is 488 g/mol. The summed E-state index contributed by atoms with van der Waals surface area (Å²) in [5.74, 6) is -5.23. The predicted molar refractivity (Wildman–Crippen MR) is 107 cm³/mol. The van der Waals surface area contributed by atoms with Gasteiger partial charge in [-0.2, -0.15) is 0 Å². The van der Waals surface area contributed by atoms with E-state index in [1.807, 2.05) is 0 Å². The first-order valence-electron chi connectivity index (χ1n) is 8.93. The molecule has 0 fully saturated rings. The number of carbonyl (C=O) groups is 1. The minimum absolute atomic E-state index is 0.274. The first-order valence-corrected chi connectivity index (χ1v) is 10.5. The number of nitrogens with two attached hydrogens (primary N) is 1. The lowest BCUT2D eigenvalue weighted by atomic mass is 10.00. The van der Waals surface area contributed by atoms with Gasteiger partial charge in [0.15, 0.2) is 11.5 Å². The van der Waals surface area contributed by atoms with E-state index in [4.69, 9.17) is 21.1 Å². The summed E-state index contributed by atoms with van der Waals surface area (Å²) in [5.41, 5.74) is 2.73. The van der Waals surface area contributed by atoms with Gasteiger partial charge in [0.05, 0.1) is 6.20 Å². The minimum Gasteiger partial charge on any atom is -0.415 e. The molecule has 2 aromatic rings. The molecular weight excluding hydrogens is 470 g/mol. The Labute approximate surface area is 185 Å². The standard InChI is InChI=1S/C17H18F2N6O7S/c1-16(7-33(30,31)25(2)15(20)24-16)13-9(18)3-4-11(22-13)23-14(26)12-10(19)5-8(6-21-12)32-17(27,28)29/h3-6,27-29H,7H2,1-2H3,(H2,20,24)(H,22,23,26)/t16-/m0/s1. The van der Waals surface area contributed by atoms with Gasteiger partial charge in [0.1, 0.15) is 34.4 Å². The zero-order chi connectivity index (χ0) is 24.8. The molecule has 0 saturated carbocycles. The molecule has 1 atom stereocenters. The van der Waals surface area contributed by atoms with Crippen LogP contribution in [0.5, 0.6) is 5.75 Å². The Hall–Kier alpha value is -3.47. The van der Waals surface area contributed by atoms with Gasteiger partial charge in [-0.25, -0.2) is 36.5 Å². The van der Waals surface area contributed by atoms with E-state index in [0.29, 0.717) is 6.07 Å². The molecule has 3 heterocycles. The van der Waals surface area contributed by atoms with Gasteiger partial charge in [-0.15, -0.1) is 0 Å². The molecule has 16 heteroatoms. The van der Waals surface area contributed by atoms with Crippen molar-refractivity contribution in [1.29, 1.82) is 0 Å². The minimum atomic E-state index is -3.93. The van der Waals surface area contributed by atoms with Gasteiger partial charge >= 0.3 is 6.16 Å². The van der Waals surface area contributed by atoms with Gasteiger partial charge in [-0.05, 0) is 19.1 Å². The Kier molecular flexibility index (Phi) is 5.97. The van der Waals surface area contributed by atoms with Crippen LogP contribution in [0.3, 0.4) is 0 Å². The number of hydrogen-bond donors (Lipinski definition) is 5. The Bertz CT molecular complexity index is 1250. The van der Waals surface area contributed by atoms with Gasteiger partial charge in [0.25, 0.3) is 5.91 Å². The van der Waals surface area contributed by atoms with Crippen LogP contribution in [0.1, 0.15) is 23.1 Å². The maximum atomic E-state index is 14.5. The molecular formula is C17H18F2N6O7S. The molecule has 13 nitrogen and oxygen atoms in total. The first kappa shape index (κ1) is 24.2. The highest BCUT2D eigenvalue weighted by Gasteiger charge is 2.43. The van der Waals surface area contributed by atoms with Crippen LogP contribution in [0.2, 0.25) is 0 Å². The molecule has 3 rings (SSSR count). The monoisotopic (exact) mass is 488 g/mol. The van der Waals surface area contributed by atoms with E-state index in [-0.39, 0.29) is 11.8 Å². The van der Waals surface area contributed by atoms with Gasteiger partial charge in [-0.3, -0.25) is 4.79 Å². The van der Waals surface area contributed by atoms with Crippen molar-refractivity contribution in [1.82, 2.24) is 14.3 Å². The summed E-state index contributed by atoms with van der Waals surface area (Å²) in [6, 6.07) is 2.50. The Morgan fingerprint density at radius 2 is 1.97 bits per heavy atom. The molecule has 33 heavy (non-hydrogen) atoms. The quantitative estimate of drug-likeness (QED) is 0.318. The highest BCUT2D eigenvalue weighted by atomic mass is 32.2. The molecule has 0 aromatic carbocycles. The molecule has 2 aromatic heterocycles. The number of pyridine rings is 2. The number of aromatic nitrogens is 2. The summed E-state index contributed by atoms with van der Waals surface area (Å²) < 4.78 is 58.3. The number of nitrogens with zero attached hydrogens (tertiary/aromatic N) is 4. The summed E-state index contributed by atoms with van der Waals surface area (Å²) in [5, 5.41) is 28.4. The molecule has 0 unspecified atom stereocenters. The van der Waals surface area contributed by atoms with Crippen LogP contribution in [-0.4, -0.2) is 68.8 Å². The van der Waals surface area contributed by atoms with Crippen LogP contribution in [0, 0.1) is 11.6 Å². The number of nitrogens with one attached hydrogen (secondary N) is 1. The molecule has 0 radical (unpaired) electrons. The van der Waals surface area contributed by atoms with Crippen LogP contribution in [0.4, 0.5) is 14.6 Å². The molecule has 178 valence electrons. The van der Waals surface area contributed by atoms with Crippen molar-refractivity contribution >= 4 is 27.7 Å². The average Bonchev–Trinajstić information content (AvgIpc) is 2.66. The van der Waals surface area contributed by atoms with Crippen LogP contribution < -0.4 is 15.8 Å². The second-order valence-corrected chi connectivity index (χ2v) is 9.13. The van der Waals surface area contributed by atoms with E-state index in [2.05, 4.69) is 25.0 Å². The van der Waals surface area contributed by atoms with E-state index >= 15 is 0 Å². The highest BCUT2D eigenvalue weighted by Crippen LogP contribution is 2.33. The summed E-state index contributed by atoms with van der Waals surface area (Å²) >= 11 is 0. The maximum Gasteiger partial charge on any atom is 0.453 e. The van der Waals surface area contributed by atoms with Crippen molar-refractivity contribution in [3.8, 4) is 5.75 Å². The molecule has 6 N–H and O–H groups in total. The Morgan fingerprint density at radius 3 is 2.55 bits per heavy atom. The summed E-state index contributed by atoms with van der Waals surface area (Å²) in [4.78, 5) is 23.8. The molecule has 0 bridgehead atoms. The molecule has 0 aliphatic carbocycles. The van der Waals surface area contributed by atoms with Crippen molar-refractivity contribution < 1.29 is 42.0 Å². The number of carbonyl (C=O) groups excluding carboxylic acids is 1. The van der Waals surface area contributed by atoms with Crippen molar-refractivity contribution in [2.45, 2.75) is 18.6 Å². The van der Waals surface area contributed by atoms with Crippen molar-refractivity contribution in [3.63, 3.8) is 0 Å². The predicted octanol–water partition coefficient (Wildman–Crippen LogP) is -1.22. The number of amides is 1. The number of aliphatic hydroxyl groups is 3. The fourth-order valence-corrected chi connectivity index (χ4v) is 4.37. The zero-order valence-corrected chi connectivity index (χ0v) is 17.8. The summed E-state index contributed by atoms with van der Waals surface area (Å²) in [6.45, 7) is 1.30. The van der Waals surface area contributed by atoms with E-state index in [1.54, 1.807) is 0 Å². The number of guanidine groups is 1. The number of halogens is 2. The van der Waals surface area contributed by atoms with E-state index < -0.39 is 62.2 Å². The third-order valence-corrected chi connectivity index (χ3v) is 6.40. The molecule has 0 spiro atoms. The van der Waals surface area contributed by atoms with Crippen LogP contribution >= 0.6 is 0 Å². The number of hydrogen-bond acceptors (Lipinski definition) is 11. The number of anilines is 1. The zero-order valence-electron chi connectivity index (χ0n) is 17.0. The van der Waals surface area contributed by atoms with Crippen molar-refractivity contribution in [2.75, 3.05) is 18.1 Å². The Morgan fingerprint density at radius 1 is 1.30 bits per heavy atom. The number of aliphatic imine (C=N–C) groups is 1. The van der Waals surface area contributed by atoms with Gasteiger partial charge in [0, 0.05) is 13.1 Å². The third-order valence-electron chi connectivity index (χ3n) is 4.45. The molecule has 0 saturated heterocycles. The summed E-state index contributed by atoms with van der Waals surface area (Å²) in [6.07, 6.45) is -2.86. The van der Waals surface area contributed by atoms with Crippen LogP contribution in [0.15, 0.2) is 29.4 Å². The molecule has 1 aliphatic rings. The SMILES string of the molecule is CN1C(N)=N[C@](C)(c2nc(NC(=O)c3ncc(OC(O)(O)O)cc3F)ccc2F)CS1(=O)=O. The van der Waals surface area contributed by atoms with E-state index in [0.717, 1.165) is 22.6 Å². The number of sulfonamides is 1. The third kappa shape index (κ3) is 5.14. The fraction of sp³-hybridized carbons (Fsp3) is 0.294. The fourth-order valence-electron chi connectivity index (χ4n) is 2.94.